The van der Waals surface area contributed by atoms with Crippen molar-refractivity contribution in [2.24, 2.45) is 5.41 Å². The molecule has 11 heavy (non-hydrogen) atoms. The van der Waals surface area contributed by atoms with Gasteiger partial charge in [-0.15, -0.1) is 0 Å². The molecule has 0 aromatic heterocycles. The maximum absolute atomic E-state index is 9.98. The molecule has 0 rings (SSSR count). The van der Waals surface area contributed by atoms with Crippen LogP contribution in [0.15, 0.2) is 0 Å². The number of carbonyl (C=O) groups is 1. The van der Waals surface area contributed by atoms with Gasteiger partial charge in [0.15, 0.2) is 0 Å². The summed E-state index contributed by atoms with van der Waals surface area (Å²) in [7, 11) is 0. The molecule has 0 spiro atoms. The monoisotopic (exact) mass is 158 g/mol. The van der Waals surface area contributed by atoms with Gasteiger partial charge in [-0.2, -0.15) is 0 Å². The van der Waals surface area contributed by atoms with Gasteiger partial charge in [0.25, 0.3) is 0 Å². The van der Waals surface area contributed by atoms with Crippen molar-refractivity contribution >= 4 is 6.29 Å². The maximum Gasteiger partial charge on any atom is 0.122 e. The lowest BCUT2D eigenvalue weighted by molar-refractivity contribution is -0.109. The number of aliphatic hydroxyl groups excluding tert-OH is 1. The van der Waals surface area contributed by atoms with Crippen LogP contribution in [0.5, 0.6) is 0 Å². The number of aldehydes is 1. The molecular formula is C9H18O2. The first kappa shape index (κ1) is 10.6. The third-order valence-electron chi connectivity index (χ3n) is 1.60. The molecule has 1 atom stereocenters. The first-order chi connectivity index (χ1) is 4.95. The zero-order valence-corrected chi connectivity index (χ0v) is 7.63. The van der Waals surface area contributed by atoms with Gasteiger partial charge in [-0.05, 0) is 18.3 Å². The minimum Gasteiger partial charge on any atom is -0.393 e. The van der Waals surface area contributed by atoms with Crippen LogP contribution in [0.2, 0.25) is 0 Å². The second kappa shape index (κ2) is 4.50. The molecule has 0 bridgehead atoms. The van der Waals surface area contributed by atoms with Gasteiger partial charge in [0.1, 0.15) is 6.29 Å². The quantitative estimate of drug-likeness (QED) is 0.633. The molecular weight excluding hydrogens is 140 g/mol. The summed E-state index contributed by atoms with van der Waals surface area (Å²) < 4.78 is 0. The van der Waals surface area contributed by atoms with Crippen molar-refractivity contribution in [2.45, 2.75) is 46.1 Å². The molecule has 0 radical (unpaired) electrons. The molecule has 2 nitrogen and oxygen atoms in total. The van der Waals surface area contributed by atoms with Crippen molar-refractivity contribution in [1.82, 2.24) is 0 Å². The Morgan fingerprint density at radius 1 is 1.45 bits per heavy atom. The topological polar surface area (TPSA) is 37.3 Å². The molecule has 1 unspecified atom stereocenters. The minimum atomic E-state index is -0.438. The molecule has 2 heteroatoms. The lowest BCUT2D eigenvalue weighted by Gasteiger charge is -2.19. The van der Waals surface area contributed by atoms with Crippen molar-refractivity contribution in [3.8, 4) is 0 Å². The number of hydrogen-bond acceptors (Lipinski definition) is 2. The highest BCUT2D eigenvalue weighted by atomic mass is 16.3. The van der Waals surface area contributed by atoms with E-state index < -0.39 is 6.10 Å². The third-order valence-corrected chi connectivity index (χ3v) is 1.60. The molecule has 0 heterocycles. The number of carbonyl (C=O) groups excluding carboxylic acids is 1. The summed E-state index contributed by atoms with van der Waals surface area (Å²) in [6.07, 6.45) is 2.29. The summed E-state index contributed by atoms with van der Waals surface area (Å²) >= 11 is 0. The highest BCUT2D eigenvalue weighted by molar-refractivity contribution is 5.49. The zero-order chi connectivity index (χ0) is 8.91. The van der Waals surface area contributed by atoms with Crippen LogP contribution in [-0.4, -0.2) is 17.5 Å². The average Bonchev–Trinajstić information content (AvgIpc) is 1.83. The van der Waals surface area contributed by atoms with Crippen LogP contribution in [0.1, 0.15) is 40.0 Å². The summed E-state index contributed by atoms with van der Waals surface area (Å²) in [5, 5.41) is 9.18. The third kappa shape index (κ3) is 7.53. The molecule has 0 aromatic rings. The molecule has 0 aliphatic carbocycles. The van der Waals surface area contributed by atoms with E-state index in [1.165, 1.54) is 0 Å². The predicted molar refractivity (Wildman–Crippen MR) is 45.4 cm³/mol. The SMILES string of the molecule is CC(C)(C)CCC(O)CC=O. The van der Waals surface area contributed by atoms with Crippen LogP contribution in [-0.2, 0) is 4.79 Å². The van der Waals surface area contributed by atoms with E-state index in [0.717, 1.165) is 19.1 Å². The normalized spacial score (nSPS) is 14.5. The molecule has 0 aliphatic heterocycles. The lowest BCUT2D eigenvalue weighted by Crippen LogP contribution is -2.13. The molecule has 1 N–H and O–H groups in total. The Bertz CT molecular complexity index is 113. The summed E-state index contributed by atoms with van der Waals surface area (Å²) in [6.45, 7) is 6.38. The lowest BCUT2D eigenvalue weighted by atomic mass is 9.89. The predicted octanol–water partition coefficient (Wildman–Crippen LogP) is 1.76. The fourth-order valence-electron chi connectivity index (χ4n) is 0.829. The number of hydrogen-bond donors (Lipinski definition) is 1. The molecule has 0 saturated carbocycles. The summed E-state index contributed by atoms with van der Waals surface area (Å²) in [5.41, 5.74) is 0.254. The van der Waals surface area contributed by atoms with Crippen molar-refractivity contribution in [3.63, 3.8) is 0 Å². The van der Waals surface area contributed by atoms with Gasteiger partial charge in [0, 0.05) is 6.42 Å². The van der Waals surface area contributed by atoms with Crippen molar-refractivity contribution in [1.29, 1.82) is 0 Å². The van der Waals surface area contributed by atoms with E-state index in [2.05, 4.69) is 20.8 Å². The second-order valence-electron chi connectivity index (χ2n) is 4.16. The Morgan fingerprint density at radius 3 is 2.36 bits per heavy atom. The first-order valence-electron chi connectivity index (χ1n) is 4.07. The van der Waals surface area contributed by atoms with Gasteiger partial charge < -0.3 is 9.90 Å². The van der Waals surface area contributed by atoms with Gasteiger partial charge in [0.05, 0.1) is 6.10 Å². The van der Waals surface area contributed by atoms with Crippen LogP contribution < -0.4 is 0 Å². The van der Waals surface area contributed by atoms with E-state index in [4.69, 9.17) is 0 Å². The van der Waals surface area contributed by atoms with Gasteiger partial charge in [-0.25, -0.2) is 0 Å². The van der Waals surface area contributed by atoms with Gasteiger partial charge >= 0.3 is 0 Å². The van der Waals surface area contributed by atoms with Gasteiger partial charge in [-0.3, -0.25) is 0 Å². The molecule has 0 amide bonds. The van der Waals surface area contributed by atoms with E-state index >= 15 is 0 Å². The largest absolute Gasteiger partial charge is 0.393 e. The standard InChI is InChI=1S/C9H18O2/c1-9(2,3)6-4-8(11)5-7-10/h7-8,11H,4-6H2,1-3H3. The molecule has 0 aliphatic rings. The number of rotatable bonds is 4. The Balaban J connectivity index is 3.45. The fraction of sp³-hybridized carbons (Fsp3) is 0.889. The van der Waals surface area contributed by atoms with E-state index in [-0.39, 0.29) is 11.8 Å². The Hall–Kier alpha value is -0.370. The molecule has 0 fully saturated rings. The fourth-order valence-corrected chi connectivity index (χ4v) is 0.829. The second-order valence-corrected chi connectivity index (χ2v) is 4.16. The molecule has 0 saturated heterocycles. The molecule has 66 valence electrons. The van der Waals surface area contributed by atoms with Crippen LogP contribution >= 0.6 is 0 Å². The van der Waals surface area contributed by atoms with Crippen LogP contribution in [0, 0.1) is 5.41 Å². The van der Waals surface area contributed by atoms with Crippen molar-refractivity contribution in [2.75, 3.05) is 0 Å². The maximum atomic E-state index is 9.98. The summed E-state index contributed by atoms with van der Waals surface area (Å²) in [5.74, 6) is 0. The summed E-state index contributed by atoms with van der Waals surface area (Å²) in [6, 6.07) is 0. The van der Waals surface area contributed by atoms with Crippen LogP contribution in [0.3, 0.4) is 0 Å². The number of aliphatic hydroxyl groups is 1. The van der Waals surface area contributed by atoms with E-state index in [0.29, 0.717) is 0 Å². The van der Waals surface area contributed by atoms with Gasteiger partial charge in [-0.1, -0.05) is 20.8 Å². The van der Waals surface area contributed by atoms with Crippen molar-refractivity contribution in [3.05, 3.63) is 0 Å². The van der Waals surface area contributed by atoms with Gasteiger partial charge in [0.2, 0.25) is 0 Å². The van der Waals surface area contributed by atoms with E-state index in [9.17, 15) is 9.90 Å². The Morgan fingerprint density at radius 2 is 2.00 bits per heavy atom. The van der Waals surface area contributed by atoms with Crippen LogP contribution in [0.4, 0.5) is 0 Å². The minimum absolute atomic E-state index is 0.254. The van der Waals surface area contributed by atoms with Crippen molar-refractivity contribution < 1.29 is 9.90 Å². The molecule has 0 aromatic carbocycles. The van der Waals surface area contributed by atoms with E-state index in [1.807, 2.05) is 0 Å². The zero-order valence-electron chi connectivity index (χ0n) is 7.63. The van der Waals surface area contributed by atoms with Crippen LogP contribution in [0.25, 0.3) is 0 Å². The smallest absolute Gasteiger partial charge is 0.122 e. The van der Waals surface area contributed by atoms with E-state index in [1.54, 1.807) is 0 Å². The Kier molecular flexibility index (Phi) is 4.34. The highest BCUT2D eigenvalue weighted by Gasteiger charge is 2.12. The summed E-state index contributed by atoms with van der Waals surface area (Å²) in [4.78, 5) is 9.98. The average molecular weight is 158 g/mol. The Labute approximate surface area is 68.6 Å². The highest BCUT2D eigenvalue weighted by Crippen LogP contribution is 2.21. The first-order valence-corrected chi connectivity index (χ1v) is 4.07.